The largest absolute Gasteiger partial charge is 0.356 e. The Morgan fingerprint density at radius 2 is 1.92 bits per heavy atom. The summed E-state index contributed by atoms with van der Waals surface area (Å²) in [5.74, 6) is 0.587. The van der Waals surface area contributed by atoms with Crippen molar-refractivity contribution in [2.75, 3.05) is 30.4 Å². The van der Waals surface area contributed by atoms with Crippen LogP contribution in [0.2, 0.25) is 0 Å². The molecule has 132 valence electrons. The van der Waals surface area contributed by atoms with Crippen LogP contribution in [-0.2, 0) is 0 Å². The lowest BCUT2D eigenvalue weighted by Gasteiger charge is -2.37. The number of nitrogens with zero attached hydrogens (tertiary/aromatic N) is 4. The molecule has 2 amide bonds. The highest BCUT2D eigenvalue weighted by molar-refractivity contribution is 5.89. The lowest BCUT2D eigenvalue weighted by molar-refractivity contribution is 0.194. The molecule has 1 aromatic carbocycles. The van der Waals surface area contributed by atoms with Crippen molar-refractivity contribution in [3.8, 4) is 0 Å². The monoisotopic (exact) mass is 343 g/mol. The number of nitrogens with one attached hydrogen (secondary N) is 1. The molecule has 0 unspecified atom stereocenters. The van der Waals surface area contributed by atoms with E-state index in [4.69, 9.17) is 0 Å². The second-order valence-electron chi connectivity index (χ2n) is 6.28. The van der Waals surface area contributed by atoms with Crippen LogP contribution in [0, 0.1) is 12.7 Å². The number of piperidine rings is 1. The van der Waals surface area contributed by atoms with Crippen molar-refractivity contribution in [2.24, 2.45) is 0 Å². The summed E-state index contributed by atoms with van der Waals surface area (Å²) in [6.45, 7) is 3.29. The van der Waals surface area contributed by atoms with E-state index in [2.05, 4.69) is 20.2 Å². The summed E-state index contributed by atoms with van der Waals surface area (Å²) < 4.78 is 12.9. The lowest BCUT2D eigenvalue weighted by atomic mass is 10.0. The molecule has 0 saturated carbocycles. The number of likely N-dealkylation sites (tertiary alicyclic amines) is 1. The van der Waals surface area contributed by atoms with Crippen LogP contribution in [0.25, 0.3) is 0 Å². The fourth-order valence-corrected chi connectivity index (χ4v) is 3.01. The maximum absolute atomic E-state index is 12.9. The molecule has 1 N–H and O–H groups in total. The zero-order valence-corrected chi connectivity index (χ0v) is 14.4. The molecule has 2 heterocycles. The summed E-state index contributed by atoms with van der Waals surface area (Å²) in [6, 6.07) is 7.94. The van der Waals surface area contributed by atoms with Crippen LogP contribution >= 0.6 is 0 Å². The van der Waals surface area contributed by atoms with Crippen LogP contribution in [-0.4, -0.2) is 47.1 Å². The summed E-state index contributed by atoms with van der Waals surface area (Å²) in [6.07, 6.45) is 3.32. The normalized spacial score (nSPS) is 15.1. The van der Waals surface area contributed by atoms with E-state index in [1.165, 1.54) is 12.1 Å². The van der Waals surface area contributed by atoms with Crippen LogP contribution in [0.15, 0.2) is 36.7 Å². The molecule has 1 aliphatic rings. The lowest BCUT2D eigenvalue weighted by Crippen LogP contribution is -2.47. The second-order valence-corrected chi connectivity index (χ2v) is 6.28. The first kappa shape index (κ1) is 17.1. The van der Waals surface area contributed by atoms with Crippen molar-refractivity contribution in [1.82, 2.24) is 14.9 Å². The van der Waals surface area contributed by atoms with Crippen molar-refractivity contribution in [3.63, 3.8) is 0 Å². The Morgan fingerprint density at radius 1 is 1.24 bits per heavy atom. The number of rotatable bonds is 3. The number of benzene rings is 1. The predicted octanol–water partition coefficient (Wildman–Crippen LogP) is 3.06. The molecule has 7 heteroatoms. The summed E-state index contributed by atoms with van der Waals surface area (Å²) in [4.78, 5) is 24.7. The van der Waals surface area contributed by atoms with Gasteiger partial charge in [0.15, 0.2) is 0 Å². The van der Waals surface area contributed by atoms with Gasteiger partial charge in [0.2, 0.25) is 0 Å². The number of amides is 2. The number of anilines is 2. The molecular formula is C18H22FN5O. The number of halogens is 1. The molecule has 0 aliphatic carbocycles. The number of carbonyl (C=O) groups excluding carboxylic acids is 1. The smallest absolute Gasteiger partial charge is 0.321 e. The van der Waals surface area contributed by atoms with Gasteiger partial charge in [0.1, 0.15) is 18.0 Å². The highest BCUT2D eigenvalue weighted by atomic mass is 19.1. The first-order chi connectivity index (χ1) is 12.0. The van der Waals surface area contributed by atoms with Gasteiger partial charge in [0.05, 0.1) is 0 Å². The van der Waals surface area contributed by atoms with E-state index in [9.17, 15) is 9.18 Å². The minimum absolute atomic E-state index is 0.148. The van der Waals surface area contributed by atoms with Gasteiger partial charge in [-0.2, -0.15) is 0 Å². The Kier molecular flexibility index (Phi) is 5.11. The van der Waals surface area contributed by atoms with Crippen LogP contribution in [0.4, 0.5) is 20.7 Å². The highest BCUT2D eigenvalue weighted by Gasteiger charge is 2.26. The van der Waals surface area contributed by atoms with E-state index in [0.29, 0.717) is 24.8 Å². The van der Waals surface area contributed by atoms with Gasteiger partial charge in [-0.1, -0.05) is 0 Å². The van der Waals surface area contributed by atoms with Gasteiger partial charge >= 0.3 is 6.03 Å². The van der Waals surface area contributed by atoms with Gasteiger partial charge in [0, 0.05) is 43.6 Å². The molecule has 1 aromatic heterocycles. The number of hydrogen-bond acceptors (Lipinski definition) is 4. The molecule has 3 rings (SSSR count). The molecule has 1 saturated heterocycles. The summed E-state index contributed by atoms with van der Waals surface area (Å²) in [7, 11) is 2.03. The zero-order chi connectivity index (χ0) is 17.8. The van der Waals surface area contributed by atoms with Gasteiger partial charge in [-0.05, 0) is 44.0 Å². The third-order valence-corrected chi connectivity index (χ3v) is 4.55. The van der Waals surface area contributed by atoms with Gasteiger partial charge in [-0.25, -0.2) is 19.2 Å². The van der Waals surface area contributed by atoms with Crippen LogP contribution in [0.5, 0.6) is 0 Å². The second kappa shape index (κ2) is 7.46. The Morgan fingerprint density at radius 3 is 2.56 bits per heavy atom. The van der Waals surface area contributed by atoms with E-state index in [1.807, 2.05) is 20.0 Å². The molecule has 0 radical (unpaired) electrons. The maximum Gasteiger partial charge on any atom is 0.321 e. The zero-order valence-electron chi connectivity index (χ0n) is 14.4. The minimum atomic E-state index is -0.318. The summed E-state index contributed by atoms with van der Waals surface area (Å²) >= 11 is 0. The van der Waals surface area contributed by atoms with Crippen molar-refractivity contribution < 1.29 is 9.18 Å². The van der Waals surface area contributed by atoms with Gasteiger partial charge in [0.25, 0.3) is 0 Å². The Bertz CT molecular complexity index is 729. The Balaban J connectivity index is 1.54. The van der Waals surface area contributed by atoms with Crippen LogP contribution in [0.3, 0.4) is 0 Å². The first-order valence-corrected chi connectivity index (χ1v) is 8.36. The fraction of sp³-hybridized carbons (Fsp3) is 0.389. The van der Waals surface area contributed by atoms with E-state index >= 15 is 0 Å². The summed E-state index contributed by atoms with van der Waals surface area (Å²) in [5, 5.41) is 2.81. The molecule has 1 aliphatic heterocycles. The molecule has 0 atom stereocenters. The molecular weight excluding hydrogens is 321 g/mol. The van der Waals surface area contributed by atoms with Crippen molar-refractivity contribution in [3.05, 3.63) is 48.2 Å². The predicted molar refractivity (Wildman–Crippen MR) is 95.2 cm³/mol. The van der Waals surface area contributed by atoms with E-state index in [-0.39, 0.29) is 11.8 Å². The highest BCUT2D eigenvalue weighted by Crippen LogP contribution is 2.21. The van der Waals surface area contributed by atoms with Crippen molar-refractivity contribution in [2.45, 2.75) is 25.8 Å². The number of hydrogen-bond donors (Lipinski definition) is 1. The Labute approximate surface area is 146 Å². The number of carbonyl (C=O) groups is 1. The van der Waals surface area contributed by atoms with Crippen molar-refractivity contribution in [1.29, 1.82) is 0 Å². The quantitative estimate of drug-likeness (QED) is 0.930. The standard InChI is InChI=1S/C18H22FN5O/c1-13-11-17(21-12-20-13)23(2)16-7-9-24(10-8-16)18(25)22-15-5-3-14(19)4-6-15/h3-6,11-12,16H,7-10H2,1-2H3,(H,22,25). The molecule has 25 heavy (non-hydrogen) atoms. The average molecular weight is 343 g/mol. The number of aryl methyl sites for hydroxylation is 1. The van der Waals surface area contributed by atoms with Crippen LogP contribution in [0.1, 0.15) is 18.5 Å². The Hall–Kier alpha value is -2.70. The van der Waals surface area contributed by atoms with Gasteiger partial charge in [-0.3, -0.25) is 0 Å². The fourth-order valence-electron chi connectivity index (χ4n) is 3.01. The summed E-state index contributed by atoms with van der Waals surface area (Å²) in [5.41, 5.74) is 1.54. The molecule has 1 fully saturated rings. The van der Waals surface area contributed by atoms with E-state index in [0.717, 1.165) is 24.4 Å². The van der Waals surface area contributed by atoms with E-state index in [1.54, 1.807) is 23.4 Å². The van der Waals surface area contributed by atoms with E-state index < -0.39 is 0 Å². The minimum Gasteiger partial charge on any atom is -0.356 e. The molecule has 0 spiro atoms. The molecule has 6 nitrogen and oxygen atoms in total. The van der Waals surface area contributed by atoms with Crippen molar-refractivity contribution >= 4 is 17.5 Å². The van der Waals surface area contributed by atoms with Gasteiger partial charge in [-0.15, -0.1) is 0 Å². The maximum atomic E-state index is 12.9. The van der Waals surface area contributed by atoms with Crippen LogP contribution < -0.4 is 10.2 Å². The van der Waals surface area contributed by atoms with Gasteiger partial charge < -0.3 is 15.1 Å². The topological polar surface area (TPSA) is 61.4 Å². The number of urea groups is 1. The third-order valence-electron chi connectivity index (χ3n) is 4.55. The SMILES string of the molecule is Cc1cc(N(C)C2CCN(C(=O)Nc3ccc(F)cc3)CC2)ncn1. The third kappa shape index (κ3) is 4.23. The first-order valence-electron chi connectivity index (χ1n) is 8.36. The number of aromatic nitrogens is 2. The average Bonchev–Trinajstić information content (AvgIpc) is 2.63. The molecule has 2 aromatic rings. The molecule has 0 bridgehead atoms.